The largest absolute Gasteiger partial charge is 0.383 e. The number of H-pyrrole nitrogens is 1. The van der Waals surface area contributed by atoms with Crippen molar-refractivity contribution in [1.82, 2.24) is 25.5 Å². The van der Waals surface area contributed by atoms with E-state index in [9.17, 15) is 5.26 Å². The number of hydrogen-bond donors (Lipinski definition) is 4. The number of nitrogen functional groups attached to an aromatic ring is 1. The summed E-state index contributed by atoms with van der Waals surface area (Å²) in [6.45, 7) is 2.23. The summed E-state index contributed by atoms with van der Waals surface area (Å²) >= 11 is 6.27. The molecule has 0 unspecified atom stereocenters. The topological polar surface area (TPSA) is 153 Å². The zero-order valence-corrected chi connectivity index (χ0v) is 15.6. The molecule has 140 valence electrons. The monoisotopic (exact) mass is 393 g/mol. The third-order valence-electron chi connectivity index (χ3n) is 4.02. The van der Waals surface area contributed by atoms with Gasteiger partial charge in [0.15, 0.2) is 5.82 Å². The van der Waals surface area contributed by atoms with Crippen molar-refractivity contribution in [3.63, 3.8) is 0 Å². The minimum Gasteiger partial charge on any atom is -0.383 e. The highest BCUT2D eigenvalue weighted by atomic mass is 35.5. The van der Waals surface area contributed by atoms with E-state index in [1.165, 1.54) is 6.20 Å². The van der Waals surface area contributed by atoms with Gasteiger partial charge in [0, 0.05) is 18.0 Å². The Morgan fingerprint density at radius 1 is 1.43 bits per heavy atom. The molecule has 1 aromatic carbocycles. The first-order chi connectivity index (χ1) is 13.5. The molecule has 2 aromatic heterocycles. The molecule has 10 heteroatoms. The van der Waals surface area contributed by atoms with E-state index in [-0.39, 0.29) is 22.2 Å². The quantitative estimate of drug-likeness (QED) is 0.471. The highest BCUT2D eigenvalue weighted by Gasteiger charge is 2.17. The molecule has 0 saturated carbocycles. The van der Waals surface area contributed by atoms with Crippen LogP contribution in [-0.4, -0.2) is 20.2 Å². The molecule has 0 saturated heterocycles. The second kappa shape index (κ2) is 8.28. The Bertz CT molecular complexity index is 1080. The summed E-state index contributed by atoms with van der Waals surface area (Å²) in [4.78, 5) is 8.69. The fourth-order valence-electron chi connectivity index (χ4n) is 2.55. The van der Waals surface area contributed by atoms with Gasteiger partial charge in [0.2, 0.25) is 0 Å². The SMILES string of the molecule is Cc1c(C#N)cccc1-c1nc(N)c(Cl)c(/C(=C/NCc2cc[nH]n2)N=N)n1. The van der Waals surface area contributed by atoms with Crippen LogP contribution < -0.4 is 11.1 Å². The lowest BCUT2D eigenvalue weighted by atomic mass is 10.0. The molecule has 0 aliphatic carbocycles. The summed E-state index contributed by atoms with van der Waals surface area (Å²) in [5, 5.41) is 22.6. The molecule has 0 aliphatic rings. The van der Waals surface area contributed by atoms with Gasteiger partial charge >= 0.3 is 0 Å². The first-order valence-corrected chi connectivity index (χ1v) is 8.56. The molecule has 5 N–H and O–H groups in total. The van der Waals surface area contributed by atoms with Crippen LogP contribution in [0.15, 0.2) is 41.8 Å². The van der Waals surface area contributed by atoms with Gasteiger partial charge < -0.3 is 11.1 Å². The molecule has 2 heterocycles. The van der Waals surface area contributed by atoms with Crippen LogP contribution in [0.1, 0.15) is 22.5 Å². The minimum atomic E-state index is 0.0604. The summed E-state index contributed by atoms with van der Waals surface area (Å²) in [6, 6.07) is 9.19. The average Bonchev–Trinajstić information content (AvgIpc) is 3.21. The van der Waals surface area contributed by atoms with Crippen molar-refractivity contribution in [1.29, 1.82) is 10.8 Å². The fourth-order valence-corrected chi connectivity index (χ4v) is 2.73. The van der Waals surface area contributed by atoms with Gasteiger partial charge in [0.25, 0.3) is 0 Å². The van der Waals surface area contributed by atoms with Crippen LogP contribution in [-0.2, 0) is 6.54 Å². The predicted molar refractivity (Wildman–Crippen MR) is 105 cm³/mol. The van der Waals surface area contributed by atoms with Crippen LogP contribution in [0.5, 0.6) is 0 Å². The van der Waals surface area contributed by atoms with Crippen LogP contribution in [0.2, 0.25) is 5.02 Å². The van der Waals surface area contributed by atoms with Gasteiger partial charge in [-0.05, 0) is 24.6 Å². The van der Waals surface area contributed by atoms with Crippen molar-refractivity contribution in [2.75, 3.05) is 5.73 Å². The van der Waals surface area contributed by atoms with E-state index in [1.54, 1.807) is 31.3 Å². The Balaban J connectivity index is 2.01. The number of nitriles is 1. The fraction of sp³-hybridized carbons (Fsp3) is 0.111. The number of hydrogen-bond acceptors (Lipinski definition) is 8. The third-order valence-corrected chi connectivity index (χ3v) is 4.39. The van der Waals surface area contributed by atoms with E-state index in [2.05, 4.69) is 36.7 Å². The molecule has 0 spiro atoms. The average molecular weight is 394 g/mol. The van der Waals surface area contributed by atoms with E-state index < -0.39 is 0 Å². The molecule has 0 radical (unpaired) electrons. The van der Waals surface area contributed by atoms with Gasteiger partial charge in [0.1, 0.15) is 22.2 Å². The number of aromatic amines is 1. The first kappa shape index (κ1) is 19.0. The third kappa shape index (κ3) is 3.82. The van der Waals surface area contributed by atoms with Gasteiger partial charge in [-0.25, -0.2) is 15.5 Å². The minimum absolute atomic E-state index is 0.0604. The van der Waals surface area contributed by atoms with Gasteiger partial charge in [-0.15, -0.1) is 0 Å². The lowest BCUT2D eigenvalue weighted by Gasteiger charge is -2.11. The Kier molecular flexibility index (Phi) is 5.62. The normalized spacial score (nSPS) is 11.1. The molecule has 28 heavy (non-hydrogen) atoms. The van der Waals surface area contributed by atoms with Crippen LogP contribution in [0.3, 0.4) is 0 Å². The van der Waals surface area contributed by atoms with Crippen molar-refractivity contribution >= 4 is 23.1 Å². The summed E-state index contributed by atoms with van der Waals surface area (Å²) < 4.78 is 0. The van der Waals surface area contributed by atoms with Crippen molar-refractivity contribution in [3.8, 4) is 17.5 Å². The first-order valence-electron chi connectivity index (χ1n) is 8.18. The molecular formula is C18H16ClN9. The molecule has 3 rings (SSSR count). The van der Waals surface area contributed by atoms with Gasteiger partial charge in [-0.3, -0.25) is 5.10 Å². The molecule has 0 atom stereocenters. The molecule has 0 amide bonds. The van der Waals surface area contributed by atoms with Crippen molar-refractivity contribution in [2.45, 2.75) is 13.5 Å². The van der Waals surface area contributed by atoms with Gasteiger partial charge in [-0.2, -0.15) is 15.5 Å². The highest BCUT2D eigenvalue weighted by Crippen LogP contribution is 2.31. The maximum absolute atomic E-state index is 9.24. The maximum atomic E-state index is 9.24. The van der Waals surface area contributed by atoms with E-state index in [4.69, 9.17) is 22.9 Å². The van der Waals surface area contributed by atoms with Crippen LogP contribution in [0.4, 0.5) is 5.82 Å². The van der Waals surface area contributed by atoms with Crippen LogP contribution >= 0.6 is 11.6 Å². The highest BCUT2D eigenvalue weighted by molar-refractivity contribution is 6.34. The van der Waals surface area contributed by atoms with E-state index >= 15 is 0 Å². The van der Waals surface area contributed by atoms with Crippen molar-refractivity contribution in [3.05, 3.63) is 64.2 Å². The summed E-state index contributed by atoms with van der Waals surface area (Å²) in [5.74, 6) is 0.360. The Hall–Kier alpha value is -3.77. The van der Waals surface area contributed by atoms with Crippen molar-refractivity contribution < 1.29 is 0 Å². The number of halogens is 1. The van der Waals surface area contributed by atoms with E-state index in [1.807, 2.05) is 6.07 Å². The number of aromatic nitrogens is 4. The zero-order chi connectivity index (χ0) is 20.1. The van der Waals surface area contributed by atoms with E-state index in [0.29, 0.717) is 23.5 Å². The number of anilines is 1. The smallest absolute Gasteiger partial charge is 0.162 e. The maximum Gasteiger partial charge on any atom is 0.162 e. The van der Waals surface area contributed by atoms with Gasteiger partial charge in [0.05, 0.1) is 23.9 Å². The summed E-state index contributed by atoms with van der Waals surface area (Å²) in [7, 11) is 0. The number of benzene rings is 1. The predicted octanol–water partition coefficient (Wildman–Crippen LogP) is 3.40. The van der Waals surface area contributed by atoms with Gasteiger partial charge in [-0.1, -0.05) is 23.7 Å². The molecule has 0 fully saturated rings. The molecular weight excluding hydrogens is 378 g/mol. The zero-order valence-electron chi connectivity index (χ0n) is 14.9. The lowest BCUT2D eigenvalue weighted by molar-refractivity contribution is 0.823. The number of nitrogens with two attached hydrogens (primary N) is 1. The molecule has 9 nitrogen and oxygen atoms in total. The Labute approximate surface area is 165 Å². The molecule has 0 bridgehead atoms. The number of rotatable bonds is 6. The number of nitrogens with one attached hydrogen (secondary N) is 3. The second-order valence-corrected chi connectivity index (χ2v) is 6.15. The molecule has 3 aromatic rings. The van der Waals surface area contributed by atoms with Crippen LogP contribution in [0.25, 0.3) is 17.1 Å². The second-order valence-electron chi connectivity index (χ2n) is 5.77. The lowest BCUT2D eigenvalue weighted by Crippen LogP contribution is -2.08. The van der Waals surface area contributed by atoms with Crippen LogP contribution in [0, 0.1) is 23.8 Å². The summed E-state index contributed by atoms with van der Waals surface area (Å²) in [6.07, 6.45) is 3.22. The Morgan fingerprint density at radius 3 is 2.93 bits per heavy atom. The molecule has 0 aliphatic heterocycles. The number of nitrogens with zero attached hydrogens (tertiary/aromatic N) is 5. The van der Waals surface area contributed by atoms with E-state index in [0.717, 1.165) is 11.3 Å². The summed E-state index contributed by atoms with van der Waals surface area (Å²) in [5.41, 5.74) is 16.5. The standard InChI is InChI=1S/C18H16ClN9/c1-10-11(7-20)3-2-4-13(10)18-25-16(15(19)17(21)26-18)14(27-22)9-23-8-12-5-6-24-28-12/h2-6,9,22-23H,8H2,1H3,(H,24,28)(H2,21,25,26)/b14-9-,27-22?. The van der Waals surface area contributed by atoms with Crippen molar-refractivity contribution in [2.24, 2.45) is 5.11 Å². The Morgan fingerprint density at radius 2 is 2.25 bits per heavy atom.